The van der Waals surface area contributed by atoms with Crippen LogP contribution in [-0.2, 0) is 9.59 Å². The van der Waals surface area contributed by atoms with Crippen molar-refractivity contribution < 1.29 is 23.9 Å². The number of urea groups is 1. The van der Waals surface area contributed by atoms with Crippen LogP contribution >= 0.6 is 11.6 Å². The minimum absolute atomic E-state index is 0.0921. The number of carbonyl (C=O) groups is 3. The molecule has 2 aromatic carbocycles. The van der Waals surface area contributed by atoms with Crippen LogP contribution in [0.1, 0.15) is 77.2 Å². The molecule has 2 aromatic rings. The van der Waals surface area contributed by atoms with Crippen LogP contribution in [0.4, 0.5) is 4.79 Å². The van der Waals surface area contributed by atoms with E-state index in [0.717, 1.165) is 62.1 Å². The van der Waals surface area contributed by atoms with E-state index >= 15 is 0 Å². The van der Waals surface area contributed by atoms with Crippen molar-refractivity contribution >= 4 is 46.3 Å². The molecular weight excluding hydrogens is 556 g/mol. The van der Waals surface area contributed by atoms with Crippen LogP contribution in [0.15, 0.2) is 29.8 Å². The smallest absolute Gasteiger partial charge is 0.315 e. The monoisotopic (exact) mass is 600 g/mol. The van der Waals surface area contributed by atoms with Gasteiger partial charge in [-0.05, 0) is 45.6 Å². The molecular formula is C32H45ClN4O5. The fourth-order valence-corrected chi connectivity index (χ4v) is 5.57. The van der Waals surface area contributed by atoms with Gasteiger partial charge in [-0.15, -0.1) is 0 Å². The predicted octanol–water partition coefficient (Wildman–Crippen LogP) is 5.73. The van der Waals surface area contributed by atoms with Crippen LogP contribution in [0, 0.1) is 0 Å². The normalized spacial score (nSPS) is 16.6. The van der Waals surface area contributed by atoms with E-state index in [1.165, 1.54) is 0 Å². The number of halogens is 1. The lowest BCUT2D eigenvalue weighted by Crippen LogP contribution is -2.30. The number of methoxy groups -OCH3 is 2. The van der Waals surface area contributed by atoms with Gasteiger partial charge in [0.2, 0.25) is 11.8 Å². The third kappa shape index (κ3) is 9.28. The van der Waals surface area contributed by atoms with Gasteiger partial charge >= 0.3 is 6.03 Å². The SMILES string of the molecule is COc1c(Cl)c(/C=C(\C)C(=O)NCCCCCCNC(=O)CCCCCC2NC(=O)N[C@H]2C)c(OC)c2ccccc12. The average Bonchev–Trinajstić information content (AvgIpc) is 3.30. The molecule has 0 spiro atoms. The number of unbranched alkanes of at least 4 members (excludes halogenated alkanes) is 5. The lowest BCUT2D eigenvalue weighted by Gasteiger charge is -2.16. The van der Waals surface area contributed by atoms with Crippen molar-refractivity contribution in [3.8, 4) is 11.5 Å². The Kier molecular flexibility index (Phi) is 13.3. The molecule has 9 nitrogen and oxygen atoms in total. The van der Waals surface area contributed by atoms with Crippen molar-refractivity contribution in [1.29, 1.82) is 0 Å². The van der Waals surface area contributed by atoms with Gasteiger partial charge in [-0.3, -0.25) is 9.59 Å². The molecule has 1 aliphatic rings. The van der Waals surface area contributed by atoms with E-state index in [2.05, 4.69) is 21.3 Å². The first kappa shape index (κ1) is 33.0. The molecule has 0 aliphatic carbocycles. The van der Waals surface area contributed by atoms with Crippen molar-refractivity contribution in [2.24, 2.45) is 0 Å². The first-order valence-corrected chi connectivity index (χ1v) is 15.3. The number of rotatable bonds is 17. The summed E-state index contributed by atoms with van der Waals surface area (Å²) < 4.78 is 11.2. The Labute approximate surface area is 254 Å². The zero-order valence-corrected chi connectivity index (χ0v) is 26.0. The van der Waals surface area contributed by atoms with Gasteiger partial charge in [-0.1, -0.05) is 61.5 Å². The van der Waals surface area contributed by atoms with Crippen molar-refractivity contribution in [2.75, 3.05) is 27.3 Å². The zero-order chi connectivity index (χ0) is 30.5. The minimum atomic E-state index is -0.160. The fourth-order valence-electron chi connectivity index (χ4n) is 5.25. The van der Waals surface area contributed by atoms with Crippen molar-refractivity contribution in [3.05, 3.63) is 40.4 Å². The van der Waals surface area contributed by atoms with E-state index in [0.29, 0.717) is 47.2 Å². The van der Waals surface area contributed by atoms with Gasteiger partial charge in [0.15, 0.2) is 0 Å². The van der Waals surface area contributed by atoms with Crippen LogP contribution < -0.4 is 30.7 Å². The van der Waals surface area contributed by atoms with E-state index in [4.69, 9.17) is 21.1 Å². The quantitative estimate of drug-likeness (QED) is 0.137. The van der Waals surface area contributed by atoms with Gasteiger partial charge in [0, 0.05) is 47.5 Å². The summed E-state index contributed by atoms with van der Waals surface area (Å²) in [6, 6.07) is 7.94. The number of amides is 4. The molecule has 1 heterocycles. The van der Waals surface area contributed by atoms with Crippen LogP contribution in [0.5, 0.6) is 11.5 Å². The molecule has 0 saturated carbocycles. The summed E-state index contributed by atoms with van der Waals surface area (Å²) in [7, 11) is 3.16. The number of benzene rings is 2. The Morgan fingerprint density at radius 3 is 2.14 bits per heavy atom. The highest BCUT2D eigenvalue weighted by Gasteiger charge is 2.26. The molecule has 1 unspecified atom stereocenters. The van der Waals surface area contributed by atoms with Gasteiger partial charge in [0.1, 0.15) is 11.5 Å². The van der Waals surface area contributed by atoms with Crippen molar-refractivity contribution in [2.45, 2.75) is 83.7 Å². The second kappa shape index (κ2) is 16.9. The summed E-state index contributed by atoms with van der Waals surface area (Å²) in [6.07, 6.45) is 9.74. The number of fused-ring (bicyclic) bond motifs is 1. The van der Waals surface area contributed by atoms with Gasteiger partial charge in [0.05, 0.1) is 25.3 Å². The summed E-state index contributed by atoms with van der Waals surface area (Å²) in [5.41, 5.74) is 1.13. The molecule has 42 heavy (non-hydrogen) atoms. The summed E-state index contributed by atoms with van der Waals surface area (Å²) in [4.78, 5) is 36.1. The van der Waals surface area contributed by atoms with Crippen LogP contribution in [0.25, 0.3) is 16.8 Å². The van der Waals surface area contributed by atoms with Crippen molar-refractivity contribution in [1.82, 2.24) is 21.3 Å². The van der Waals surface area contributed by atoms with E-state index in [9.17, 15) is 14.4 Å². The van der Waals surface area contributed by atoms with E-state index in [1.807, 2.05) is 31.2 Å². The van der Waals surface area contributed by atoms with Gasteiger partial charge in [-0.2, -0.15) is 0 Å². The molecule has 2 atom stereocenters. The van der Waals surface area contributed by atoms with Crippen LogP contribution in [0.3, 0.4) is 0 Å². The highest BCUT2D eigenvalue weighted by molar-refractivity contribution is 6.35. The number of ether oxygens (including phenoxy) is 2. The van der Waals surface area contributed by atoms with E-state index in [-0.39, 0.29) is 29.9 Å². The molecule has 4 amide bonds. The molecule has 10 heteroatoms. The molecule has 0 bridgehead atoms. The van der Waals surface area contributed by atoms with Gasteiger partial charge < -0.3 is 30.7 Å². The number of carbonyl (C=O) groups excluding carboxylic acids is 3. The number of nitrogens with one attached hydrogen (secondary N) is 4. The molecule has 1 aliphatic heterocycles. The maximum atomic E-state index is 12.7. The Hall–Kier alpha value is -3.46. The first-order valence-electron chi connectivity index (χ1n) is 14.9. The van der Waals surface area contributed by atoms with E-state index < -0.39 is 0 Å². The lowest BCUT2D eigenvalue weighted by molar-refractivity contribution is -0.121. The maximum absolute atomic E-state index is 12.7. The fraction of sp³-hybridized carbons (Fsp3) is 0.531. The van der Waals surface area contributed by atoms with Gasteiger partial charge in [0.25, 0.3) is 0 Å². The summed E-state index contributed by atoms with van der Waals surface area (Å²) in [5, 5.41) is 13.8. The molecule has 230 valence electrons. The third-order valence-electron chi connectivity index (χ3n) is 7.63. The number of hydrogen-bond donors (Lipinski definition) is 4. The Balaban J connectivity index is 1.30. The summed E-state index contributed by atoms with van der Waals surface area (Å²) in [5.74, 6) is 1.07. The third-order valence-corrected chi connectivity index (χ3v) is 8.01. The second-order valence-corrected chi connectivity index (χ2v) is 11.2. The first-order chi connectivity index (χ1) is 20.3. The largest absolute Gasteiger partial charge is 0.495 e. The highest BCUT2D eigenvalue weighted by Crippen LogP contribution is 2.44. The maximum Gasteiger partial charge on any atom is 0.315 e. The Morgan fingerprint density at radius 1 is 0.905 bits per heavy atom. The number of hydrogen-bond acceptors (Lipinski definition) is 5. The van der Waals surface area contributed by atoms with Crippen LogP contribution in [-0.4, -0.2) is 57.2 Å². The topological polar surface area (TPSA) is 118 Å². The van der Waals surface area contributed by atoms with Crippen LogP contribution in [0.2, 0.25) is 5.02 Å². The lowest BCUT2D eigenvalue weighted by atomic mass is 10.0. The average molecular weight is 601 g/mol. The molecule has 4 N–H and O–H groups in total. The van der Waals surface area contributed by atoms with E-state index in [1.54, 1.807) is 27.2 Å². The van der Waals surface area contributed by atoms with Gasteiger partial charge in [-0.25, -0.2) is 4.79 Å². The Bertz CT molecular complexity index is 1270. The molecule has 1 saturated heterocycles. The van der Waals surface area contributed by atoms with Crippen molar-refractivity contribution in [3.63, 3.8) is 0 Å². The standard InChI is InChI=1S/C32H45ClN4O5/c1-21(20-25-28(33)30(42-4)24-15-11-10-14-23(24)29(25)41-3)31(39)35-19-13-6-5-12-18-34-27(38)17-9-7-8-16-26-22(2)36-32(40)37-26/h10-11,14-15,20,22,26H,5-9,12-13,16-19H2,1-4H3,(H,34,38)(H,35,39)(H2,36,37,40)/b21-20+/t22-,26?/m0/s1. The minimum Gasteiger partial charge on any atom is -0.495 e. The molecule has 0 radical (unpaired) electrons. The molecule has 3 rings (SSSR count). The second-order valence-electron chi connectivity index (χ2n) is 10.8. The summed E-state index contributed by atoms with van der Waals surface area (Å²) in [6.45, 7) is 5.00. The molecule has 0 aromatic heterocycles. The Morgan fingerprint density at radius 2 is 1.52 bits per heavy atom. The highest BCUT2D eigenvalue weighted by atomic mass is 35.5. The molecule has 1 fully saturated rings. The zero-order valence-electron chi connectivity index (χ0n) is 25.2. The summed E-state index contributed by atoms with van der Waals surface area (Å²) >= 11 is 6.67. The predicted molar refractivity (Wildman–Crippen MR) is 168 cm³/mol.